The van der Waals surface area contributed by atoms with Crippen LogP contribution in [-0.4, -0.2) is 74.4 Å². The molecule has 0 unspecified atom stereocenters. The average molecular weight is 537 g/mol. The predicted octanol–water partition coefficient (Wildman–Crippen LogP) is 6.53. The predicted molar refractivity (Wildman–Crippen MR) is 158 cm³/mol. The van der Waals surface area contributed by atoms with Crippen molar-refractivity contribution in [3.05, 3.63) is 59.7 Å². The Bertz CT molecular complexity index is 947. The van der Waals surface area contributed by atoms with E-state index >= 15 is 0 Å². The van der Waals surface area contributed by atoms with Gasteiger partial charge in [0.1, 0.15) is 17.8 Å². The van der Waals surface area contributed by atoms with E-state index < -0.39 is 0 Å². The molecule has 39 heavy (non-hydrogen) atoms. The molecule has 2 aliphatic rings. The van der Waals surface area contributed by atoms with Crippen LogP contribution in [0.4, 0.5) is 0 Å². The fourth-order valence-corrected chi connectivity index (χ4v) is 5.01. The second-order valence-corrected chi connectivity index (χ2v) is 10.9. The van der Waals surface area contributed by atoms with Crippen molar-refractivity contribution in [2.75, 3.05) is 52.5 Å². The van der Waals surface area contributed by atoms with Gasteiger partial charge in [-0.1, -0.05) is 26.7 Å². The van der Waals surface area contributed by atoms with E-state index in [1.807, 2.05) is 50.2 Å². The van der Waals surface area contributed by atoms with Crippen LogP contribution in [0.25, 0.3) is 0 Å². The molecule has 6 heteroatoms. The van der Waals surface area contributed by atoms with Crippen molar-refractivity contribution in [1.29, 1.82) is 0 Å². The van der Waals surface area contributed by atoms with E-state index in [0.717, 1.165) is 62.5 Å². The van der Waals surface area contributed by atoms with Gasteiger partial charge in [0.2, 0.25) is 0 Å². The standard InChI is InChI=1S/C18H27NO2.C15H21NO2/c1-15(2)18(20)16-7-9-17(10-8-16)21-14-6-13-19-11-4-3-5-12-19;17-13-14-5-7-15(8-6-14)18-12-4-11-16-9-2-1-3-10-16/h7-10,15H,3-6,11-14H2,1-2H3;5-8,13H,1-4,9-12H2. The molecule has 2 aromatic rings. The number of Topliss-reactive ketones (excluding diaryl/α,β-unsaturated/α-hetero) is 1. The molecule has 0 spiro atoms. The Labute approximate surface area is 235 Å². The highest BCUT2D eigenvalue weighted by molar-refractivity contribution is 5.97. The summed E-state index contributed by atoms with van der Waals surface area (Å²) < 4.78 is 11.4. The molecule has 0 saturated carbocycles. The van der Waals surface area contributed by atoms with Gasteiger partial charge in [0.15, 0.2) is 5.78 Å². The van der Waals surface area contributed by atoms with Crippen molar-refractivity contribution in [2.45, 2.75) is 65.2 Å². The van der Waals surface area contributed by atoms with Gasteiger partial charge < -0.3 is 19.3 Å². The number of hydrogen-bond acceptors (Lipinski definition) is 6. The van der Waals surface area contributed by atoms with E-state index in [9.17, 15) is 9.59 Å². The van der Waals surface area contributed by atoms with Gasteiger partial charge in [0.25, 0.3) is 0 Å². The number of aldehydes is 1. The highest BCUT2D eigenvalue weighted by Crippen LogP contribution is 2.16. The molecular weight excluding hydrogens is 488 g/mol. The van der Waals surface area contributed by atoms with Crippen molar-refractivity contribution in [2.24, 2.45) is 5.92 Å². The molecule has 2 heterocycles. The quantitative estimate of drug-likeness (QED) is 0.165. The molecule has 0 aromatic heterocycles. The summed E-state index contributed by atoms with van der Waals surface area (Å²) in [5, 5.41) is 0. The Kier molecular flexibility index (Phi) is 14.1. The highest BCUT2D eigenvalue weighted by atomic mass is 16.5. The lowest BCUT2D eigenvalue weighted by molar-refractivity contribution is 0.0939. The van der Waals surface area contributed by atoms with Crippen molar-refractivity contribution in [3.8, 4) is 11.5 Å². The maximum atomic E-state index is 11.8. The third-order valence-electron chi connectivity index (χ3n) is 7.35. The van der Waals surface area contributed by atoms with Crippen LogP contribution in [0.1, 0.15) is 85.9 Å². The second-order valence-electron chi connectivity index (χ2n) is 10.9. The lowest BCUT2D eigenvalue weighted by Gasteiger charge is -2.26. The van der Waals surface area contributed by atoms with Crippen LogP contribution in [0.2, 0.25) is 0 Å². The summed E-state index contributed by atoms with van der Waals surface area (Å²) in [4.78, 5) is 27.4. The lowest BCUT2D eigenvalue weighted by Crippen LogP contribution is -2.31. The number of carbonyl (C=O) groups excluding carboxylic acids is 2. The summed E-state index contributed by atoms with van der Waals surface area (Å²) in [6.45, 7) is 12.6. The van der Waals surface area contributed by atoms with Crippen LogP contribution in [0.15, 0.2) is 48.5 Å². The largest absolute Gasteiger partial charge is 0.494 e. The zero-order valence-electron chi connectivity index (χ0n) is 24.1. The minimum absolute atomic E-state index is 0.0429. The molecule has 4 rings (SSSR count). The fourth-order valence-electron chi connectivity index (χ4n) is 5.01. The summed E-state index contributed by atoms with van der Waals surface area (Å²) in [7, 11) is 0. The number of benzene rings is 2. The number of rotatable bonds is 13. The topological polar surface area (TPSA) is 59.1 Å². The monoisotopic (exact) mass is 536 g/mol. The first kappa shape index (κ1) is 30.8. The van der Waals surface area contributed by atoms with Gasteiger partial charge in [-0.2, -0.15) is 0 Å². The van der Waals surface area contributed by atoms with Crippen molar-refractivity contribution in [1.82, 2.24) is 9.80 Å². The van der Waals surface area contributed by atoms with Crippen LogP contribution in [0.3, 0.4) is 0 Å². The van der Waals surface area contributed by atoms with E-state index in [2.05, 4.69) is 9.80 Å². The van der Waals surface area contributed by atoms with Crippen LogP contribution in [-0.2, 0) is 0 Å². The van der Waals surface area contributed by atoms with Gasteiger partial charge >= 0.3 is 0 Å². The van der Waals surface area contributed by atoms with E-state index in [-0.39, 0.29) is 11.7 Å². The molecular formula is C33H48N2O4. The SMILES string of the molecule is CC(C)C(=O)c1ccc(OCCCN2CCCCC2)cc1.O=Cc1ccc(OCCCN2CCCCC2)cc1. The molecule has 0 amide bonds. The van der Waals surface area contributed by atoms with Crippen molar-refractivity contribution < 1.29 is 19.1 Å². The Hall–Kier alpha value is -2.70. The van der Waals surface area contributed by atoms with Gasteiger partial charge in [-0.15, -0.1) is 0 Å². The summed E-state index contributed by atoms with van der Waals surface area (Å²) >= 11 is 0. The number of likely N-dealkylation sites (tertiary alicyclic amines) is 2. The van der Waals surface area contributed by atoms with E-state index in [4.69, 9.17) is 9.47 Å². The normalized spacial score (nSPS) is 16.3. The lowest BCUT2D eigenvalue weighted by atomic mass is 10.0. The molecule has 2 fully saturated rings. The van der Waals surface area contributed by atoms with Gasteiger partial charge in [-0.25, -0.2) is 0 Å². The molecule has 0 bridgehead atoms. The molecule has 0 N–H and O–H groups in total. The molecule has 214 valence electrons. The van der Waals surface area contributed by atoms with Gasteiger partial charge in [-0.3, -0.25) is 9.59 Å². The van der Waals surface area contributed by atoms with Crippen molar-refractivity contribution >= 4 is 12.1 Å². The van der Waals surface area contributed by atoms with Crippen LogP contribution in [0, 0.1) is 5.92 Å². The van der Waals surface area contributed by atoms with E-state index in [1.165, 1.54) is 64.7 Å². The minimum Gasteiger partial charge on any atom is -0.494 e. The van der Waals surface area contributed by atoms with E-state index in [0.29, 0.717) is 5.56 Å². The van der Waals surface area contributed by atoms with E-state index in [1.54, 1.807) is 12.1 Å². The summed E-state index contributed by atoms with van der Waals surface area (Å²) in [5.74, 6) is 1.93. The number of ketones is 1. The molecule has 2 aromatic carbocycles. The van der Waals surface area contributed by atoms with Crippen molar-refractivity contribution in [3.63, 3.8) is 0 Å². The Morgan fingerprint density at radius 1 is 0.718 bits per heavy atom. The summed E-state index contributed by atoms with van der Waals surface area (Å²) in [6.07, 6.45) is 11.1. The summed E-state index contributed by atoms with van der Waals surface area (Å²) in [6, 6.07) is 14.8. The molecule has 0 atom stereocenters. The van der Waals surface area contributed by atoms with Gasteiger partial charge in [-0.05, 0) is 113 Å². The number of hydrogen-bond donors (Lipinski definition) is 0. The molecule has 0 radical (unpaired) electrons. The molecule has 0 aliphatic carbocycles. The number of carbonyl (C=O) groups is 2. The third kappa shape index (κ3) is 11.9. The molecule has 2 saturated heterocycles. The van der Waals surface area contributed by atoms with Gasteiger partial charge in [0.05, 0.1) is 13.2 Å². The Morgan fingerprint density at radius 2 is 1.15 bits per heavy atom. The number of nitrogens with zero attached hydrogens (tertiary/aromatic N) is 2. The fraction of sp³-hybridized carbons (Fsp3) is 0.576. The summed E-state index contributed by atoms with van der Waals surface area (Å²) in [5.41, 5.74) is 1.46. The van der Waals surface area contributed by atoms with Crippen LogP contribution < -0.4 is 9.47 Å². The highest BCUT2D eigenvalue weighted by Gasteiger charge is 2.11. The van der Waals surface area contributed by atoms with Gasteiger partial charge in [0, 0.05) is 30.1 Å². The first-order valence-electron chi connectivity index (χ1n) is 14.9. The maximum absolute atomic E-state index is 11.8. The zero-order chi connectivity index (χ0) is 27.7. The molecule has 6 nitrogen and oxygen atoms in total. The number of piperidine rings is 2. The first-order valence-corrected chi connectivity index (χ1v) is 14.9. The van der Waals surface area contributed by atoms with Crippen LogP contribution >= 0.6 is 0 Å². The molecule has 2 aliphatic heterocycles. The Balaban J connectivity index is 0.000000218. The second kappa shape index (κ2) is 17.8. The third-order valence-corrected chi connectivity index (χ3v) is 7.35. The maximum Gasteiger partial charge on any atom is 0.165 e. The average Bonchev–Trinajstić information content (AvgIpc) is 2.99. The van der Waals surface area contributed by atoms with Crippen LogP contribution in [0.5, 0.6) is 11.5 Å². The Morgan fingerprint density at radius 3 is 1.56 bits per heavy atom. The zero-order valence-corrected chi connectivity index (χ0v) is 24.1. The minimum atomic E-state index is 0.0429. The smallest absolute Gasteiger partial charge is 0.165 e. The number of ether oxygens (including phenoxy) is 2. The first-order chi connectivity index (χ1) is 19.0.